The maximum Gasteiger partial charge on any atom is 0.341 e. The van der Waals surface area contributed by atoms with E-state index in [1.54, 1.807) is 13.8 Å². The van der Waals surface area contributed by atoms with Crippen molar-refractivity contribution >= 4 is 27.7 Å². The first kappa shape index (κ1) is 23.2. The summed E-state index contributed by atoms with van der Waals surface area (Å²) in [5.74, 6) is -3.46. The molecule has 1 heterocycles. The third kappa shape index (κ3) is 4.74. The first-order valence-electron chi connectivity index (χ1n) is 8.83. The van der Waals surface area contributed by atoms with Crippen LogP contribution >= 0.6 is 0 Å². The molecule has 0 bridgehead atoms. The molecule has 0 unspecified atom stereocenters. The lowest BCUT2D eigenvalue weighted by molar-refractivity contribution is 0.0467. The largest absolute Gasteiger partial charge is 0.462 e. The Bertz CT molecular complexity index is 1110. The number of aromatic amines is 1. The van der Waals surface area contributed by atoms with E-state index in [-0.39, 0.29) is 22.8 Å². The molecule has 30 heavy (non-hydrogen) atoms. The van der Waals surface area contributed by atoms with Crippen molar-refractivity contribution < 1.29 is 36.7 Å². The van der Waals surface area contributed by atoms with Crippen LogP contribution in [0.15, 0.2) is 23.1 Å². The number of nitrogens with one attached hydrogen (secondary N) is 2. The minimum atomic E-state index is -3.91. The fraction of sp³-hybridized carbons (Fsp3) is 0.316. The number of benzene rings is 1. The number of esters is 2. The molecule has 0 aliphatic rings. The Morgan fingerprint density at radius 1 is 1.13 bits per heavy atom. The number of aryl methyl sites for hydroxylation is 1. The predicted molar refractivity (Wildman–Crippen MR) is 103 cm³/mol. The first-order valence-corrected chi connectivity index (χ1v) is 10.3. The van der Waals surface area contributed by atoms with Gasteiger partial charge >= 0.3 is 11.9 Å². The number of aromatic nitrogens is 1. The maximum absolute atomic E-state index is 14.0. The summed E-state index contributed by atoms with van der Waals surface area (Å²) in [7, 11) is -2.74. The van der Waals surface area contributed by atoms with E-state index in [2.05, 4.69) is 4.98 Å². The number of sulfonamides is 1. The minimum absolute atomic E-state index is 0.0512. The number of carbonyl (C=O) groups is 3. The SMILES string of the molecule is CCOC(=O)c1c(C)[nH]c(C(=O)COC(=O)c2cc(S(=O)(=O)NC)ccc2F)c1C. The number of Topliss-reactive ketones (excluding diaryl/α,β-unsaturated/α-hetero) is 1. The number of ether oxygens (including phenoxy) is 2. The molecule has 2 rings (SSSR count). The highest BCUT2D eigenvalue weighted by molar-refractivity contribution is 7.89. The average Bonchev–Trinajstić information content (AvgIpc) is 3.00. The highest BCUT2D eigenvalue weighted by atomic mass is 32.2. The quantitative estimate of drug-likeness (QED) is 0.473. The number of halogens is 1. The van der Waals surface area contributed by atoms with E-state index in [0.717, 1.165) is 18.2 Å². The molecule has 1 aromatic heterocycles. The van der Waals surface area contributed by atoms with Crippen LogP contribution in [0.5, 0.6) is 0 Å². The molecule has 0 radical (unpaired) electrons. The van der Waals surface area contributed by atoms with E-state index in [1.165, 1.54) is 14.0 Å². The van der Waals surface area contributed by atoms with Crippen molar-refractivity contribution in [3.05, 3.63) is 52.1 Å². The fourth-order valence-corrected chi connectivity index (χ4v) is 3.52. The summed E-state index contributed by atoms with van der Waals surface area (Å²) in [6.07, 6.45) is 0. The van der Waals surface area contributed by atoms with Gasteiger partial charge in [-0.3, -0.25) is 4.79 Å². The summed E-state index contributed by atoms with van der Waals surface area (Å²) in [4.78, 5) is 39.1. The van der Waals surface area contributed by atoms with E-state index in [1.807, 2.05) is 4.72 Å². The van der Waals surface area contributed by atoms with E-state index in [9.17, 15) is 27.2 Å². The fourth-order valence-electron chi connectivity index (χ4n) is 2.77. The standard InChI is InChI=1S/C19H21FN2O7S/c1-5-28-19(25)16-10(2)17(22-11(16)3)15(23)9-29-18(24)13-8-12(6-7-14(13)20)30(26,27)21-4/h6-8,21-22H,5,9H2,1-4H3. The van der Waals surface area contributed by atoms with Crippen LogP contribution in [0.1, 0.15) is 49.4 Å². The van der Waals surface area contributed by atoms with Gasteiger partial charge in [0.05, 0.1) is 28.3 Å². The number of ketones is 1. The monoisotopic (exact) mass is 440 g/mol. The van der Waals surface area contributed by atoms with Gasteiger partial charge in [0.15, 0.2) is 6.61 Å². The topological polar surface area (TPSA) is 132 Å². The lowest BCUT2D eigenvalue weighted by atomic mass is 10.1. The van der Waals surface area contributed by atoms with Crippen molar-refractivity contribution in [2.45, 2.75) is 25.7 Å². The highest BCUT2D eigenvalue weighted by Crippen LogP contribution is 2.20. The van der Waals surface area contributed by atoms with Crippen LogP contribution in [-0.2, 0) is 19.5 Å². The Balaban J connectivity index is 2.20. The second-order valence-electron chi connectivity index (χ2n) is 6.19. The van der Waals surface area contributed by atoms with E-state index in [4.69, 9.17) is 9.47 Å². The van der Waals surface area contributed by atoms with E-state index < -0.39 is 45.7 Å². The summed E-state index contributed by atoms with van der Waals surface area (Å²) in [5.41, 5.74) is 0.376. The van der Waals surface area contributed by atoms with Gasteiger partial charge in [0, 0.05) is 5.69 Å². The lowest BCUT2D eigenvalue weighted by Gasteiger charge is -2.08. The van der Waals surface area contributed by atoms with Crippen molar-refractivity contribution in [1.82, 2.24) is 9.71 Å². The van der Waals surface area contributed by atoms with Gasteiger partial charge in [0.2, 0.25) is 15.8 Å². The van der Waals surface area contributed by atoms with Crippen LogP contribution in [0.2, 0.25) is 0 Å². The van der Waals surface area contributed by atoms with Crippen LogP contribution in [0, 0.1) is 19.7 Å². The zero-order chi connectivity index (χ0) is 22.6. The van der Waals surface area contributed by atoms with E-state index >= 15 is 0 Å². The Hall–Kier alpha value is -3.05. The van der Waals surface area contributed by atoms with Crippen LogP contribution in [0.4, 0.5) is 4.39 Å². The zero-order valence-corrected chi connectivity index (χ0v) is 17.6. The van der Waals surface area contributed by atoms with Gasteiger partial charge in [0.25, 0.3) is 0 Å². The van der Waals surface area contributed by atoms with Gasteiger partial charge in [-0.15, -0.1) is 0 Å². The molecular weight excluding hydrogens is 419 g/mol. The van der Waals surface area contributed by atoms with Gasteiger partial charge in [0.1, 0.15) is 5.82 Å². The highest BCUT2D eigenvalue weighted by Gasteiger charge is 2.25. The molecule has 0 saturated carbocycles. The molecule has 0 atom stereocenters. The molecule has 2 aromatic rings. The van der Waals surface area contributed by atoms with Crippen molar-refractivity contribution in [2.24, 2.45) is 0 Å². The molecule has 0 spiro atoms. The van der Waals surface area contributed by atoms with Crippen LogP contribution in [0.25, 0.3) is 0 Å². The molecule has 11 heteroatoms. The normalized spacial score (nSPS) is 11.2. The Morgan fingerprint density at radius 3 is 2.40 bits per heavy atom. The Labute approximate surface area is 172 Å². The van der Waals surface area contributed by atoms with Crippen molar-refractivity contribution in [3.63, 3.8) is 0 Å². The predicted octanol–water partition coefficient (Wildman–Crippen LogP) is 1.90. The number of hydrogen-bond acceptors (Lipinski definition) is 7. The molecule has 0 aliphatic heterocycles. The summed E-state index contributed by atoms with van der Waals surface area (Å²) in [6, 6.07) is 2.62. The molecule has 162 valence electrons. The third-order valence-electron chi connectivity index (χ3n) is 4.27. The molecule has 0 fully saturated rings. The average molecular weight is 440 g/mol. The number of H-pyrrole nitrogens is 1. The number of carbonyl (C=O) groups excluding carboxylic acids is 3. The van der Waals surface area contributed by atoms with Crippen LogP contribution in [-0.4, -0.2) is 51.4 Å². The Kier molecular flexibility index (Phi) is 7.11. The molecule has 0 aliphatic carbocycles. The third-order valence-corrected chi connectivity index (χ3v) is 5.68. The second-order valence-corrected chi connectivity index (χ2v) is 8.08. The van der Waals surface area contributed by atoms with Crippen molar-refractivity contribution in [3.8, 4) is 0 Å². The first-order chi connectivity index (χ1) is 14.0. The second kappa shape index (κ2) is 9.18. The molecule has 0 amide bonds. The van der Waals surface area contributed by atoms with Gasteiger partial charge in [-0.2, -0.15) is 0 Å². The van der Waals surface area contributed by atoms with Crippen LogP contribution in [0.3, 0.4) is 0 Å². The number of rotatable bonds is 8. The van der Waals surface area contributed by atoms with Crippen molar-refractivity contribution in [1.29, 1.82) is 0 Å². The Morgan fingerprint density at radius 2 is 1.80 bits per heavy atom. The molecule has 2 N–H and O–H groups in total. The summed E-state index contributed by atoms with van der Waals surface area (Å²) < 4.78 is 49.5. The molecule has 1 aromatic carbocycles. The van der Waals surface area contributed by atoms with E-state index in [0.29, 0.717) is 11.3 Å². The zero-order valence-electron chi connectivity index (χ0n) is 16.8. The minimum Gasteiger partial charge on any atom is -0.462 e. The smallest absolute Gasteiger partial charge is 0.341 e. The van der Waals surface area contributed by atoms with Gasteiger partial charge in [-0.1, -0.05) is 0 Å². The molecule has 9 nitrogen and oxygen atoms in total. The van der Waals surface area contributed by atoms with Gasteiger partial charge in [-0.05, 0) is 51.6 Å². The van der Waals surface area contributed by atoms with Crippen molar-refractivity contribution in [2.75, 3.05) is 20.3 Å². The van der Waals surface area contributed by atoms with Gasteiger partial charge < -0.3 is 14.5 Å². The summed E-state index contributed by atoms with van der Waals surface area (Å²) in [6.45, 7) is 4.19. The summed E-state index contributed by atoms with van der Waals surface area (Å²) in [5, 5.41) is 0. The maximum atomic E-state index is 14.0. The molecular formula is C19H21FN2O7S. The van der Waals surface area contributed by atoms with Gasteiger partial charge in [-0.25, -0.2) is 27.1 Å². The number of hydrogen-bond donors (Lipinski definition) is 2. The van der Waals surface area contributed by atoms with Crippen LogP contribution < -0.4 is 4.72 Å². The summed E-state index contributed by atoms with van der Waals surface area (Å²) >= 11 is 0. The molecule has 0 saturated heterocycles. The lowest BCUT2D eigenvalue weighted by Crippen LogP contribution is -2.20.